The van der Waals surface area contributed by atoms with Gasteiger partial charge in [0, 0.05) is 25.2 Å². The normalized spacial score (nSPS) is 32.6. The third-order valence-electron chi connectivity index (χ3n) is 3.75. The Labute approximate surface area is 93.0 Å². The summed E-state index contributed by atoms with van der Waals surface area (Å²) in [6.07, 6.45) is 4.19. The van der Waals surface area contributed by atoms with Crippen molar-refractivity contribution in [1.82, 2.24) is 4.90 Å². The minimum atomic E-state index is 0.0234. The highest BCUT2D eigenvalue weighted by Gasteiger charge is 2.39. The fraction of sp³-hybridized carbons (Fsp3) is 1.00. The maximum absolute atomic E-state index is 6.36. The summed E-state index contributed by atoms with van der Waals surface area (Å²) < 4.78 is 5.67. The molecule has 1 heterocycles. The number of ether oxygens (including phenoxy) is 1. The van der Waals surface area contributed by atoms with Gasteiger partial charge in [-0.3, -0.25) is 4.90 Å². The summed E-state index contributed by atoms with van der Waals surface area (Å²) in [6.45, 7) is 8.43. The lowest BCUT2D eigenvalue weighted by Crippen LogP contribution is -2.53. The molecule has 3 heteroatoms. The number of rotatable bonds is 4. The van der Waals surface area contributed by atoms with Gasteiger partial charge in [-0.2, -0.15) is 0 Å². The molecule has 0 radical (unpaired) electrons. The van der Waals surface area contributed by atoms with Crippen molar-refractivity contribution in [3.05, 3.63) is 0 Å². The Kier molecular flexibility index (Phi) is 3.33. The zero-order valence-electron chi connectivity index (χ0n) is 10.0. The second-order valence-electron chi connectivity index (χ2n) is 5.42. The van der Waals surface area contributed by atoms with Crippen molar-refractivity contribution >= 4 is 0 Å². The van der Waals surface area contributed by atoms with Gasteiger partial charge in [0.2, 0.25) is 0 Å². The SMILES string of the molecule is CCC1CN(CC(C)(N)C2CC2)CCO1. The van der Waals surface area contributed by atoms with Gasteiger partial charge in [0.25, 0.3) is 0 Å². The Morgan fingerprint density at radius 1 is 1.47 bits per heavy atom. The summed E-state index contributed by atoms with van der Waals surface area (Å²) >= 11 is 0. The van der Waals surface area contributed by atoms with E-state index in [1.165, 1.54) is 12.8 Å². The van der Waals surface area contributed by atoms with Gasteiger partial charge in [0.05, 0.1) is 12.7 Å². The first-order valence-electron chi connectivity index (χ1n) is 6.24. The van der Waals surface area contributed by atoms with Gasteiger partial charge in [-0.05, 0) is 32.1 Å². The third-order valence-corrected chi connectivity index (χ3v) is 3.75. The molecule has 0 bridgehead atoms. The molecule has 0 amide bonds. The van der Waals surface area contributed by atoms with Crippen molar-refractivity contribution in [2.75, 3.05) is 26.2 Å². The third kappa shape index (κ3) is 2.92. The van der Waals surface area contributed by atoms with Crippen LogP contribution in [0.4, 0.5) is 0 Å². The minimum absolute atomic E-state index is 0.0234. The number of nitrogens with two attached hydrogens (primary N) is 1. The molecule has 1 saturated heterocycles. The molecule has 2 rings (SSSR count). The summed E-state index contributed by atoms with van der Waals surface area (Å²) in [7, 11) is 0. The zero-order chi connectivity index (χ0) is 10.9. The average Bonchev–Trinajstić information content (AvgIpc) is 3.00. The maximum Gasteiger partial charge on any atom is 0.0700 e. The molecular weight excluding hydrogens is 188 g/mol. The fourth-order valence-electron chi connectivity index (χ4n) is 2.52. The van der Waals surface area contributed by atoms with Gasteiger partial charge in [-0.15, -0.1) is 0 Å². The highest BCUT2D eigenvalue weighted by Crippen LogP contribution is 2.38. The first-order valence-corrected chi connectivity index (χ1v) is 6.24. The number of nitrogens with zero attached hydrogens (tertiary/aromatic N) is 1. The van der Waals surface area contributed by atoms with Crippen molar-refractivity contribution in [3.63, 3.8) is 0 Å². The van der Waals surface area contributed by atoms with Gasteiger partial charge in [-0.1, -0.05) is 6.92 Å². The molecule has 2 atom stereocenters. The lowest BCUT2D eigenvalue weighted by Gasteiger charge is -2.37. The predicted octanol–water partition coefficient (Wildman–Crippen LogP) is 1.22. The minimum Gasteiger partial charge on any atom is -0.376 e. The summed E-state index contributed by atoms with van der Waals surface area (Å²) in [5, 5.41) is 0. The molecule has 1 saturated carbocycles. The molecule has 3 nitrogen and oxygen atoms in total. The van der Waals surface area contributed by atoms with Crippen LogP contribution < -0.4 is 5.73 Å². The van der Waals surface area contributed by atoms with E-state index in [1.807, 2.05) is 0 Å². The molecule has 88 valence electrons. The lowest BCUT2D eigenvalue weighted by molar-refractivity contribution is -0.0360. The summed E-state index contributed by atoms with van der Waals surface area (Å²) in [4.78, 5) is 2.48. The van der Waals surface area contributed by atoms with Gasteiger partial charge >= 0.3 is 0 Å². The van der Waals surface area contributed by atoms with Crippen LogP contribution >= 0.6 is 0 Å². The van der Waals surface area contributed by atoms with Crippen LogP contribution in [0.3, 0.4) is 0 Å². The van der Waals surface area contributed by atoms with Crippen LogP contribution in [0.5, 0.6) is 0 Å². The van der Waals surface area contributed by atoms with E-state index in [2.05, 4.69) is 18.7 Å². The number of hydrogen-bond acceptors (Lipinski definition) is 3. The van der Waals surface area contributed by atoms with Crippen LogP contribution in [-0.4, -0.2) is 42.8 Å². The first-order chi connectivity index (χ1) is 7.12. The molecule has 1 aliphatic heterocycles. The van der Waals surface area contributed by atoms with Crippen molar-refractivity contribution in [2.24, 2.45) is 11.7 Å². The van der Waals surface area contributed by atoms with Crippen LogP contribution in [0.1, 0.15) is 33.1 Å². The Balaban J connectivity index is 1.82. The van der Waals surface area contributed by atoms with Gasteiger partial charge in [-0.25, -0.2) is 0 Å². The van der Waals surface area contributed by atoms with Crippen LogP contribution in [0.25, 0.3) is 0 Å². The molecule has 0 spiro atoms. The highest BCUT2D eigenvalue weighted by molar-refractivity contribution is 4.97. The quantitative estimate of drug-likeness (QED) is 0.761. The van der Waals surface area contributed by atoms with Crippen molar-refractivity contribution in [2.45, 2.75) is 44.8 Å². The van der Waals surface area contributed by atoms with Crippen LogP contribution in [0, 0.1) is 5.92 Å². The molecule has 2 aliphatic rings. The van der Waals surface area contributed by atoms with Crippen LogP contribution in [0.15, 0.2) is 0 Å². The fourth-order valence-corrected chi connectivity index (χ4v) is 2.52. The Bertz CT molecular complexity index is 214. The maximum atomic E-state index is 6.36. The summed E-state index contributed by atoms with van der Waals surface area (Å²) in [5.74, 6) is 0.764. The predicted molar refractivity (Wildman–Crippen MR) is 61.8 cm³/mol. The average molecular weight is 212 g/mol. The van der Waals surface area contributed by atoms with Crippen LogP contribution in [0.2, 0.25) is 0 Å². The van der Waals surface area contributed by atoms with Gasteiger partial charge in [0.1, 0.15) is 0 Å². The molecule has 1 aliphatic carbocycles. The van der Waals surface area contributed by atoms with E-state index in [0.29, 0.717) is 6.10 Å². The number of hydrogen-bond donors (Lipinski definition) is 1. The van der Waals surface area contributed by atoms with E-state index in [4.69, 9.17) is 10.5 Å². The van der Waals surface area contributed by atoms with Gasteiger partial charge in [0.15, 0.2) is 0 Å². The van der Waals surface area contributed by atoms with Crippen molar-refractivity contribution < 1.29 is 4.74 Å². The Hall–Kier alpha value is -0.120. The second-order valence-corrected chi connectivity index (χ2v) is 5.42. The molecule has 0 aromatic rings. The second kappa shape index (κ2) is 4.40. The van der Waals surface area contributed by atoms with E-state index >= 15 is 0 Å². The van der Waals surface area contributed by atoms with Crippen molar-refractivity contribution in [1.29, 1.82) is 0 Å². The van der Waals surface area contributed by atoms with E-state index in [1.54, 1.807) is 0 Å². The van der Waals surface area contributed by atoms with E-state index < -0.39 is 0 Å². The van der Waals surface area contributed by atoms with E-state index in [9.17, 15) is 0 Å². The van der Waals surface area contributed by atoms with E-state index in [0.717, 1.165) is 38.6 Å². The molecule has 2 fully saturated rings. The first kappa shape index (κ1) is 11.4. The molecule has 2 unspecified atom stereocenters. The van der Waals surface area contributed by atoms with Crippen molar-refractivity contribution in [3.8, 4) is 0 Å². The smallest absolute Gasteiger partial charge is 0.0700 e. The molecule has 15 heavy (non-hydrogen) atoms. The molecule has 2 N–H and O–H groups in total. The topological polar surface area (TPSA) is 38.5 Å². The van der Waals surface area contributed by atoms with E-state index in [-0.39, 0.29) is 5.54 Å². The summed E-state index contributed by atoms with van der Waals surface area (Å²) in [5.41, 5.74) is 6.38. The van der Waals surface area contributed by atoms with Gasteiger partial charge < -0.3 is 10.5 Å². The highest BCUT2D eigenvalue weighted by atomic mass is 16.5. The molecule has 0 aromatic carbocycles. The lowest BCUT2D eigenvalue weighted by atomic mass is 9.96. The monoisotopic (exact) mass is 212 g/mol. The molecule has 0 aromatic heterocycles. The molecular formula is C12H24N2O. The standard InChI is InChI=1S/C12H24N2O/c1-3-11-8-14(6-7-15-11)9-12(2,13)10-4-5-10/h10-11H,3-9,13H2,1-2H3. The zero-order valence-corrected chi connectivity index (χ0v) is 10.0. The largest absolute Gasteiger partial charge is 0.376 e. The summed E-state index contributed by atoms with van der Waals surface area (Å²) in [6, 6.07) is 0. The Morgan fingerprint density at radius 2 is 2.20 bits per heavy atom. The number of morpholine rings is 1. The van der Waals surface area contributed by atoms with Crippen LogP contribution in [-0.2, 0) is 4.74 Å². The Morgan fingerprint density at radius 3 is 2.80 bits per heavy atom.